The number of hydrogen-bond acceptors (Lipinski definition) is 7. The van der Waals surface area contributed by atoms with Gasteiger partial charge in [-0.25, -0.2) is 9.79 Å². The van der Waals surface area contributed by atoms with Crippen LogP contribution in [0.4, 0.5) is 0 Å². The standard InChI is InChI=1S/C27H20Cl2N2O5S/c1-14-23(26(33)35-3)24(15-4-7-17(34-2)8-5-15)31-25(32)22(37-27(31)30-14)13-18-9-11-21(36-18)16-6-10-19(28)20(29)12-16/h4-13,24H,1-3H3. The van der Waals surface area contributed by atoms with Crippen molar-refractivity contribution in [2.45, 2.75) is 13.0 Å². The van der Waals surface area contributed by atoms with Crippen LogP contribution in [-0.4, -0.2) is 24.8 Å². The zero-order valence-electron chi connectivity index (χ0n) is 20.0. The highest BCUT2D eigenvalue weighted by molar-refractivity contribution is 7.07. The molecule has 0 spiro atoms. The predicted molar refractivity (Wildman–Crippen MR) is 143 cm³/mol. The number of furan rings is 1. The van der Waals surface area contributed by atoms with E-state index in [0.29, 0.717) is 47.9 Å². The summed E-state index contributed by atoms with van der Waals surface area (Å²) in [6, 6.07) is 15.3. The molecule has 0 N–H and O–H groups in total. The Morgan fingerprint density at radius 3 is 2.51 bits per heavy atom. The SMILES string of the molecule is COC(=O)C1=C(C)N=c2sc(=Cc3ccc(-c4ccc(Cl)c(Cl)c4)o3)c(=O)n2C1c1ccc(OC)cc1. The first kappa shape index (κ1) is 25.1. The van der Waals surface area contributed by atoms with Crippen molar-refractivity contribution in [2.24, 2.45) is 4.99 Å². The van der Waals surface area contributed by atoms with Gasteiger partial charge in [0.2, 0.25) is 0 Å². The summed E-state index contributed by atoms with van der Waals surface area (Å²) >= 11 is 13.4. The molecule has 188 valence electrons. The minimum Gasteiger partial charge on any atom is -0.497 e. The van der Waals surface area contributed by atoms with Crippen LogP contribution in [0.25, 0.3) is 17.4 Å². The fraction of sp³-hybridized carbons (Fsp3) is 0.148. The fourth-order valence-electron chi connectivity index (χ4n) is 4.16. The quantitative estimate of drug-likeness (QED) is 0.325. The Bertz CT molecular complexity index is 1730. The topological polar surface area (TPSA) is 83.0 Å². The van der Waals surface area contributed by atoms with Gasteiger partial charge in [0.15, 0.2) is 4.80 Å². The number of methoxy groups -OCH3 is 2. The Kier molecular flexibility index (Phi) is 6.81. The second-order valence-corrected chi connectivity index (χ2v) is 10.0. The van der Waals surface area contributed by atoms with Crippen molar-refractivity contribution in [1.29, 1.82) is 0 Å². The maximum absolute atomic E-state index is 13.7. The number of ether oxygens (including phenoxy) is 2. The van der Waals surface area contributed by atoms with E-state index in [-0.39, 0.29) is 5.56 Å². The molecule has 1 aliphatic heterocycles. The number of hydrogen-bond donors (Lipinski definition) is 0. The number of rotatable bonds is 5. The van der Waals surface area contributed by atoms with Gasteiger partial charge >= 0.3 is 5.97 Å². The lowest BCUT2D eigenvalue weighted by Gasteiger charge is -2.24. The van der Waals surface area contributed by atoms with E-state index in [1.807, 2.05) is 12.1 Å². The molecule has 1 aliphatic rings. The molecule has 7 nitrogen and oxygen atoms in total. The van der Waals surface area contributed by atoms with Crippen molar-refractivity contribution in [3.8, 4) is 17.1 Å². The largest absolute Gasteiger partial charge is 0.497 e. The third-order valence-electron chi connectivity index (χ3n) is 5.96. The fourth-order valence-corrected chi connectivity index (χ4v) is 5.48. The molecule has 0 fully saturated rings. The minimum atomic E-state index is -0.708. The number of allylic oxidation sites excluding steroid dienone is 1. The van der Waals surface area contributed by atoms with Crippen LogP contribution >= 0.6 is 34.5 Å². The van der Waals surface area contributed by atoms with Crippen molar-refractivity contribution in [1.82, 2.24) is 4.57 Å². The van der Waals surface area contributed by atoms with Crippen molar-refractivity contribution in [3.05, 3.63) is 107 Å². The zero-order valence-corrected chi connectivity index (χ0v) is 22.3. The van der Waals surface area contributed by atoms with Gasteiger partial charge in [-0.2, -0.15) is 0 Å². The van der Waals surface area contributed by atoms with E-state index in [4.69, 9.17) is 37.1 Å². The predicted octanol–water partition coefficient (Wildman–Crippen LogP) is 4.98. The summed E-state index contributed by atoms with van der Waals surface area (Å²) in [4.78, 5) is 31.5. The first-order valence-electron chi connectivity index (χ1n) is 11.1. The van der Waals surface area contributed by atoms with Crippen LogP contribution in [0, 0.1) is 0 Å². The molecule has 2 aromatic heterocycles. The number of fused-ring (bicyclic) bond motifs is 1. The van der Waals surface area contributed by atoms with Gasteiger partial charge in [-0.3, -0.25) is 9.36 Å². The molecule has 0 saturated carbocycles. The lowest BCUT2D eigenvalue weighted by Crippen LogP contribution is -2.39. The summed E-state index contributed by atoms with van der Waals surface area (Å²) in [5.74, 6) is 1.18. The van der Waals surface area contributed by atoms with Crippen LogP contribution in [-0.2, 0) is 9.53 Å². The van der Waals surface area contributed by atoms with Gasteiger partial charge in [-0.05, 0) is 55.0 Å². The average Bonchev–Trinajstić information content (AvgIpc) is 3.49. The highest BCUT2D eigenvalue weighted by Gasteiger charge is 2.33. The molecule has 0 amide bonds. The molecular formula is C27H20Cl2N2O5S. The van der Waals surface area contributed by atoms with E-state index in [2.05, 4.69) is 4.99 Å². The van der Waals surface area contributed by atoms with Crippen LogP contribution < -0.4 is 19.6 Å². The molecule has 1 atom stereocenters. The summed E-state index contributed by atoms with van der Waals surface area (Å²) in [6.07, 6.45) is 1.66. The van der Waals surface area contributed by atoms with Gasteiger partial charge in [0, 0.05) is 11.6 Å². The average molecular weight is 555 g/mol. The van der Waals surface area contributed by atoms with Crippen molar-refractivity contribution < 1.29 is 18.7 Å². The van der Waals surface area contributed by atoms with Crippen LogP contribution in [0.2, 0.25) is 10.0 Å². The minimum absolute atomic E-state index is 0.298. The van der Waals surface area contributed by atoms with Crippen molar-refractivity contribution in [3.63, 3.8) is 0 Å². The molecule has 2 aromatic carbocycles. The summed E-state index contributed by atoms with van der Waals surface area (Å²) in [5.41, 5.74) is 1.97. The smallest absolute Gasteiger partial charge is 0.338 e. The highest BCUT2D eigenvalue weighted by Crippen LogP contribution is 2.32. The van der Waals surface area contributed by atoms with E-state index >= 15 is 0 Å². The first-order chi connectivity index (χ1) is 17.8. The second kappa shape index (κ2) is 10.0. The number of esters is 1. The Balaban J connectivity index is 1.62. The molecule has 0 radical (unpaired) electrons. The molecule has 3 heterocycles. The molecule has 37 heavy (non-hydrogen) atoms. The molecular weight excluding hydrogens is 535 g/mol. The maximum atomic E-state index is 13.7. The van der Waals surface area contributed by atoms with Crippen LogP contribution in [0.1, 0.15) is 24.3 Å². The van der Waals surface area contributed by atoms with Gasteiger partial charge in [-0.15, -0.1) is 0 Å². The van der Waals surface area contributed by atoms with E-state index < -0.39 is 12.0 Å². The monoisotopic (exact) mass is 554 g/mol. The molecule has 0 aliphatic carbocycles. The number of carbonyl (C=O) groups is 1. The number of halogens is 2. The van der Waals surface area contributed by atoms with Gasteiger partial charge in [0.25, 0.3) is 5.56 Å². The normalized spacial score (nSPS) is 15.4. The summed E-state index contributed by atoms with van der Waals surface area (Å²) < 4.78 is 18.2. The zero-order chi connectivity index (χ0) is 26.3. The van der Waals surface area contributed by atoms with Crippen molar-refractivity contribution in [2.75, 3.05) is 14.2 Å². The molecule has 1 unspecified atom stereocenters. The number of nitrogens with zero attached hydrogens (tertiary/aromatic N) is 2. The first-order valence-corrected chi connectivity index (χ1v) is 12.7. The van der Waals surface area contributed by atoms with E-state index in [0.717, 1.165) is 11.1 Å². The van der Waals surface area contributed by atoms with Crippen LogP contribution in [0.15, 0.2) is 80.1 Å². The van der Waals surface area contributed by atoms with Gasteiger partial charge < -0.3 is 13.9 Å². The Morgan fingerprint density at radius 1 is 1.08 bits per heavy atom. The maximum Gasteiger partial charge on any atom is 0.338 e. The molecule has 5 rings (SSSR count). The Morgan fingerprint density at radius 2 is 1.84 bits per heavy atom. The number of benzene rings is 2. The summed E-state index contributed by atoms with van der Waals surface area (Å²) in [6.45, 7) is 1.73. The molecule has 0 bridgehead atoms. The third-order valence-corrected chi connectivity index (χ3v) is 7.68. The van der Waals surface area contributed by atoms with Crippen molar-refractivity contribution >= 4 is 46.6 Å². The Labute approximate surface area is 225 Å². The van der Waals surface area contributed by atoms with Crippen LogP contribution in [0.5, 0.6) is 5.75 Å². The number of carbonyl (C=O) groups excluding carboxylic acids is 1. The lowest BCUT2D eigenvalue weighted by atomic mass is 9.96. The highest BCUT2D eigenvalue weighted by atomic mass is 35.5. The lowest BCUT2D eigenvalue weighted by molar-refractivity contribution is -0.136. The van der Waals surface area contributed by atoms with Gasteiger partial charge in [0.1, 0.15) is 17.3 Å². The van der Waals surface area contributed by atoms with Gasteiger partial charge in [-0.1, -0.05) is 46.7 Å². The summed E-state index contributed by atoms with van der Waals surface area (Å²) in [5, 5.41) is 0.868. The summed E-state index contributed by atoms with van der Waals surface area (Å²) in [7, 11) is 2.88. The van der Waals surface area contributed by atoms with E-state index in [9.17, 15) is 9.59 Å². The second-order valence-electron chi connectivity index (χ2n) is 8.18. The molecule has 10 heteroatoms. The number of thiazole rings is 1. The Hall–Kier alpha value is -3.59. The van der Waals surface area contributed by atoms with Gasteiger partial charge in [0.05, 0.1) is 46.1 Å². The third kappa shape index (κ3) is 4.64. The molecule has 0 saturated heterocycles. The molecule has 4 aromatic rings. The van der Waals surface area contributed by atoms with E-state index in [1.165, 1.54) is 23.0 Å². The van der Waals surface area contributed by atoms with Crippen LogP contribution in [0.3, 0.4) is 0 Å². The van der Waals surface area contributed by atoms with E-state index in [1.54, 1.807) is 62.6 Å². The number of aromatic nitrogens is 1.